The molecule has 0 saturated heterocycles. The Labute approximate surface area is 135 Å². The van der Waals surface area contributed by atoms with Gasteiger partial charge in [0.2, 0.25) is 5.91 Å². The van der Waals surface area contributed by atoms with Crippen LogP contribution in [0.15, 0.2) is 29.6 Å². The molecule has 1 amide bonds. The van der Waals surface area contributed by atoms with Crippen molar-refractivity contribution in [1.29, 1.82) is 0 Å². The predicted molar refractivity (Wildman–Crippen MR) is 83.3 cm³/mol. The van der Waals surface area contributed by atoms with Crippen LogP contribution in [0.1, 0.15) is 5.69 Å². The number of carbonyl (C=O) groups excluding carboxylic acids is 1. The third kappa shape index (κ3) is 4.46. The molecule has 2 rings (SSSR count). The number of nitrogens with two attached hydrogens (primary N) is 1. The second-order valence-electron chi connectivity index (χ2n) is 4.64. The molecule has 118 valence electrons. The van der Waals surface area contributed by atoms with Crippen molar-refractivity contribution >= 4 is 28.8 Å². The number of aromatic nitrogens is 1. The molecule has 0 fully saturated rings. The summed E-state index contributed by atoms with van der Waals surface area (Å²) in [5.41, 5.74) is 6.18. The van der Waals surface area contributed by atoms with Gasteiger partial charge < -0.3 is 11.1 Å². The molecule has 0 bridgehead atoms. The quantitative estimate of drug-likeness (QED) is 0.845. The Morgan fingerprint density at radius 1 is 1.41 bits per heavy atom. The second kappa shape index (κ2) is 7.13. The Morgan fingerprint density at radius 2 is 2.14 bits per heavy atom. The van der Waals surface area contributed by atoms with Crippen LogP contribution in [0.3, 0.4) is 0 Å². The van der Waals surface area contributed by atoms with E-state index in [-0.39, 0.29) is 6.42 Å². The van der Waals surface area contributed by atoms with Gasteiger partial charge in [-0.1, -0.05) is 29.8 Å². The van der Waals surface area contributed by atoms with E-state index in [1.807, 2.05) is 18.2 Å². The molecular weight excluding hydrogens is 332 g/mol. The first-order valence-corrected chi connectivity index (χ1v) is 7.71. The Morgan fingerprint density at radius 3 is 2.82 bits per heavy atom. The zero-order chi connectivity index (χ0) is 16.2. The summed E-state index contributed by atoms with van der Waals surface area (Å²) in [5, 5.41) is 5.11. The van der Waals surface area contributed by atoms with Gasteiger partial charge in [0.15, 0.2) is 0 Å². The van der Waals surface area contributed by atoms with Crippen LogP contribution in [0.4, 0.5) is 8.78 Å². The second-order valence-corrected chi connectivity index (χ2v) is 5.90. The van der Waals surface area contributed by atoms with Crippen LogP contribution >= 0.6 is 22.9 Å². The third-order valence-corrected chi connectivity index (χ3v) is 4.09. The van der Waals surface area contributed by atoms with Crippen molar-refractivity contribution in [3.8, 4) is 10.6 Å². The molecule has 1 heterocycles. The monoisotopic (exact) mass is 345 g/mol. The zero-order valence-electron chi connectivity index (χ0n) is 11.5. The summed E-state index contributed by atoms with van der Waals surface area (Å²) in [6, 6.07) is 7.22. The van der Waals surface area contributed by atoms with Crippen molar-refractivity contribution in [3.63, 3.8) is 0 Å². The highest BCUT2D eigenvalue weighted by Gasteiger charge is 2.27. The molecule has 1 aromatic heterocycles. The van der Waals surface area contributed by atoms with E-state index in [4.69, 9.17) is 17.3 Å². The van der Waals surface area contributed by atoms with Gasteiger partial charge in [-0.25, -0.2) is 13.8 Å². The standard InChI is InChI=1S/C14H14ClF2N3OS/c15-11-4-2-1-3-10(11)13-20-9(6-22-13)5-12(21)19-8-14(16,17)7-18/h1-4,6H,5,7-8,18H2,(H,19,21). The van der Waals surface area contributed by atoms with E-state index in [0.717, 1.165) is 5.56 Å². The maximum absolute atomic E-state index is 13.0. The molecule has 0 spiro atoms. The van der Waals surface area contributed by atoms with Gasteiger partial charge in [-0.3, -0.25) is 4.79 Å². The highest BCUT2D eigenvalue weighted by molar-refractivity contribution is 7.13. The number of alkyl halides is 2. The Balaban J connectivity index is 1.98. The molecule has 22 heavy (non-hydrogen) atoms. The Hall–Kier alpha value is -1.57. The van der Waals surface area contributed by atoms with Crippen LogP contribution in [-0.4, -0.2) is 29.9 Å². The number of hydrogen-bond donors (Lipinski definition) is 2. The average molecular weight is 346 g/mol. The molecule has 0 radical (unpaired) electrons. The average Bonchev–Trinajstić information content (AvgIpc) is 2.94. The molecule has 0 aliphatic heterocycles. The van der Waals surface area contributed by atoms with Crippen LogP contribution in [0, 0.1) is 0 Å². The van der Waals surface area contributed by atoms with E-state index in [1.165, 1.54) is 11.3 Å². The molecular formula is C14H14ClF2N3OS. The van der Waals surface area contributed by atoms with E-state index >= 15 is 0 Å². The van der Waals surface area contributed by atoms with Crippen molar-refractivity contribution in [2.75, 3.05) is 13.1 Å². The first kappa shape index (κ1) is 16.8. The molecule has 0 saturated carbocycles. The Kier molecular flexibility index (Phi) is 5.44. The third-order valence-electron chi connectivity index (χ3n) is 2.84. The van der Waals surface area contributed by atoms with Crippen molar-refractivity contribution in [1.82, 2.24) is 10.3 Å². The van der Waals surface area contributed by atoms with E-state index < -0.39 is 24.9 Å². The SMILES string of the molecule is NCC(F)(F)CNC(=O)Cc1csc(-c2ccccc2Cl)n1. The summed E-state index contributed by atoms with van der Waals surface area (Å²) >= 11 is 7.43. The lowest BCUT2D eigenvalue weighted by atomic mass is 10.2. The fraction of sp³-hybridized carbons (Fsp3) is 0.286. The van der Waals surface area contributed by atoms with Gasteiger partial charge >= 0.3 is 0 Å². The number of rotatable bonds is 6. The topological polar surface area (TPSA) is 68.0 Å². The highest BCUT2D eigenvalue weighted by atomic mass is 35.5. The molecule has 2 aromatic rings. The van der Waals surface area contributed by atoms with Gasteiger partial charge in [0.25, 0.3) is 5.92 Å². The van der Waals surface area contributed by atoms with Crippen molar-refractivity contribution < 1.29 is 13.6 Å². The fourth-order valence-corrected chi connectivity index (χ4v) is 2.81. The van der Waals surface area contributed by atoms with Gasteiger partial charge in [-0.05, 0) is 6.07 Å². The summed E-state index contributed by atoms with van der Waals surface area (Å²) in [5.74, 6) is -3.62. The summed E-state index contributed by atoms with van der Waals surface area (Å²) in [4.78, 5) is 15.9. The summed E-state index contributed by atoms with van der Waals surface area (Å²) in [6.07, 6.45) is -0.0679. The van der Waals surface area contributed by atoms with Crippen LogP contribution in [0.25, 0.3) is 10.6 Å². The molecule has 1 aromatic carbocycles. The molecule has 4 nitrogen and oxygen atoms in total. The number of hydrogen-bond acceptors (Lipinski definition) is 4. The maximum Gasteiger partial charge on any atom is 0.277 e. The normalized spacial score (nSPS) is 11.5. The number of nitrogens with one attached hydrogen (secondary N) is 1. The highest BCUT2D eigenvalue weighted by Crippen LogP contribution is 2.30. The number of benzene rings is 1. The number of amides is 1. The summed E-state index contributed by atoms with van der Waals surface area (Å²) in [7, 11) is 0. The van der Waals surface area contributed by atoms with E-state index in [1.54, 1.807) is 11.4 Å². The van der Waals surface area contributed by atoms with Crippen LogP contribution < -0.4 is 11.1 Å². The minimum absolute atomic E-state index is 0.0679. The van der Waals surface area contributed by atoms with Gasteiger partial charge in [0, 0.05) is 10.9 Å². The van der Waals surface area contributed by atoms with E-state index in [0.29, 0.717) is 15.7 Å². The maximum atomic E-state index is 13.0. The van der Waals surface area contributed by atoms with Gasteiger partial charge in [0.05, 0.1) is 30.2 Å². The molecule has 0 atom stereocenters. The largest absolute Gasteiger partial charge is 0.350 e. The summed E-state index contributed by atoms with van der Waals surface area (Å²) < 4.78 is 25.9. The first-order valence-electron chi connectivity index (χ1n) is 6.45. The lowest BCUT2D eigenvalue weighted by Gasteiger charge is -2.14. The van der Waals surface area contributed by atoms with Crippen molar-refractivity contribution in [3.05, 3.63) is 40.4 Å². The lowest BCUT2D eigenvalue weighted by Crippen LogP contribution is -2.42. The summed E-state index contributed by atoms with van der Waals surface area (Å²) in [6.45, 7) is -1.58. The number of nitrogens with zero attached hydrogens (tertiary/aromatic N) is 1. The number of carbonyl (C=O) groups is 1. The molecule has 8 heteroatoms. The smallest absolute Gasteiger partial charge is 0.277 e. The van der Waals surface area contributed by atoms with Crippen molar-refractivity contribution in [2.24, 2.45) is 5.73 Å². The number of thiazole rings is 1. The van der Waals surface area contributed by atoms with Gasteiger partial charge in [-0.2, -0.15) is 0 Å². The van der Waals surface area contributed by atoms with E-state index in [9.17, 15) is 13.6 Å². The Bertz CT molecular complexity index is 663. The minimum Gasteiger partial charge on any atom is -0.350 e. The van der Waals surface area contributed by atoms with Crippen molar-refractivity contribution in [2.45, 2.75) is 12.3 Å². The van der Waals surface area contributed by atoms with Crippen LogP contribution in [-0.2, 0) is 11.2 Å². The van der Waals surface area contributed by atoms with Crippen LogP contribution in [0.2, 0.25) is 5.02 Å². The zero-order valence-corrected chi connectivity index (χ0v) is 13.1. The molecule has 0 aliphatic rings. The minimum atomic E-state index is -3.10. The predicted octanol–water partition coefficient (Wildman–Crippen LogP) is 2.72. The van der Waals surface area contributed by atoms with Gasteiger partial charge in [-0.15, -0.1) is 11.3 Å². The van der Waals surface area contributed by atoms with Gasteiger partial charge in [0.1, 0.15) is 5.01 Å². The van der Waals surface area contributed by atoms with E-state index in [2.05, 4.69) is 10.3 Å². The molecule has 0 unspecified atom stereocenters. The molecule has 3 N–H and O–H groups in total. The lowest BCUT2D eigenvalue weighted by molar-refractivity contribution is -0.122. The number of halogens is 3. The first-order chi connectivity index (χ1) is 10.4. The molecule has 0 aliphatic carbocycles. The fourth-order valence-electron chi connectivity index (χ4n) is 1.67. The van der Waals surface area contributed by atoms with Crippen LogP contribution in [0.5, 0.6) is 0 Å².